The maximum Gasteiger partial charge on any atom is 0.268 e. The number of carbonyl (C=O) groups is 2. The summed E-state index contributed by atoms with van der Waals surface area (Å²) in [5.74, 6) is -0.744. The minimum absolute atomic E-state index is 0.114. The molecule has 0 unspecified atom stereocenters. The van der Waals surface area contributed by atoms with Gasteiger partial charge in [-0.05, 0) is 29.3 Å². The fraction of sp³-hybridized carbons (Fsp3) is 0.0833. The molecule has 0 N–H and O–H groups in total. The van der Waals surface area contributed by atoms with Crippen molar-refractivity contribution in [1.29, 1.82) is 0 Å². The standard InChI is InChI=1S/C24H17ClFNO2S/c25-19-12-10-17(11-13-19)21-22(30-15-16-6-2-1-3-7-16)24(29)27(23(21)28)14-18-8-4-5-9-20(18)26/h1-13H,14-15H2. The molecule has 0 bridgehead atoms. The number of thioether (sulfide) groups is 1. The Morgan fingerprint density at radius 2 is 1.50 bits per heavy atom. The Morgan fingerprint density at radius 3 is 2.20 bits per heavy atom. The smallest absolute Gasteiger partial charge is 0.268 e. The van der Waals surface area contributed by atoms with Gasteiger partial charge >= 0.3 is 0 Å². The number of hydrogen-bond donors (Lipinski definition) is 0. The van der Waals surface area contributed by atoms with E-state index in [1.54, 1.807) is 42.5 Å². The summed E-state index contributed by atoms with van der Waals surface area (Å²) in [5, 5.41) is 0.540. The van der Waals surface area contributed by atoms with E-state index in [0.717, 1.165) is 10.5 Å². The molecule has 1 heterocycles. The zero-order valence-electron chi connectivity index (χ0n) is 15.8. The minimum atomic E-state index is -0.448. The van der Waals surface area contributed by atoms with Gasteiger partial charge in [-0.1, -0.05) is 72.3 Å². The topological polar surface area (TPSA) is 37.4 Å². The van der Waals surface area contributed by atoms with Crippen molar-refractivity contribution in [3.63, 3.8) is 0 Å². The lowest BCUT2D eigenvalue weighted by molar-refractivity contribution is -0.137. The largest absolute Gasteiger partial charge is 0.269 e. The minimum Gasteiger partial charge on any atom is -0.269 e. The maximum absolute atomic E-state index is 14.1. The number of hydrogen-bond acceptors (Lipinski definition) is 3. The first-order valence-electron chi connectivity index (χ1n) is 9.31. The number of nitrogens with zero attached hydrogens (tertiary/aromatic N) is 1. The van der Waals surface area contributed by atoms with E-state index in [2.05, 4.69) is 0 Å². The molecule has 0 radical (unpaired) electrons. The molecule has 0 spiro atoms. The van der Waals surface area contributed by atoms with Crippen LogP contribution in [0.4, 0.5) is 4.39 Å². The summed E-state index contributed by atoms with van der Waals surface area (Å²) >= 11 is 7.30. The first kappa shape index (κ1) is 20.4. The fourth-order valence-corrected chi connectivity index (χ4v) is 4.44. The van der Waals surface area contributed by atoms with Crippen LogP contribution in [-0.4, -0.2) is 16.7 Å². The molecular formula is C24H17ClFNO2S. The van der Waals surface area contributed by atoms with Crippen LogP contribution in [0, 0.1) is 5.82 Å². The van der Waals surface area contributed by atoms with Crippen molar-refractivity contribution in [2.75, 3.05) is 0 Å². The Kier molecular flexibility index (Phi) is 6.02. The highest BCUT2D eigenvalue weighted by Gasteiger charge is 2.39. The van der Waals surface area contributed by atoms with Crippen molar-refractivity contribution in [3.05, 3.63) is 111 Å². The van der Waals surface area contributed by atoms with Crippen LogP contribution in [0.25, 0.3) is 5.57 Å². The van der Waals surface area contributed by atoms with Gasteiger partial charge in [-0.3, -0.25) is 14.5 Å². The van der Waals surface area contributed by atoms with Crippen LogP contribution in [0.5, 0.6) is 0 Å². The third kappa shape index (κ3) is 4.18. The first-order valence-corrected chi connectivity index (χ1v) is 10.7. The van der Waals surface area contributed by atoms with Crippen molar-refractivity contribution >= 4 is 40.8 Å². The van der Waals surface area contributed by atoms with Crippen LogP contribution in [0.15, 0.2) is 83.8 Å². The normalized spacial score (nSPS) is 14.0. The monoisotopic (exact) mass is 437 g/mol. The summed E-state index contributed by atoms with van der Waals surface area (Å²) in [6.45, 7) is -0.114. The third-order valence-electron chi connectivity index (χ3n) is 4.77. The molecule has 0 aliphatic carbocycles. The third-order valence-corrected chi connectivity index (χ3v) is 6.17. The van der Waals surface area contributed by atoms with E-state index >= 15 is 0 Å². The summed E-state index contributed by atoms with van der Waals surface area (Å²) in [7, 11) is 0. The van der Waals surface area contributed by atoms with E-state index < -0.39 is 17.6 Å². The molecule has 30 heavy (non-hydrogen) atoms. The van der Waals surface area contributed by atoms with Gasteiger partial charge in [0.1, 0.15) is 5.82 Å². The average Bonchev–Trinajstić information content (AvgIpc) is 2.99. The molecule has 0 aromatic heterocycles. The van der Waals surface area contributed by atoms with Gasteiger partial charge in [0.15, 0.2) is 0 Å². The number of halogens is 2. The van der Waals surface area contributed by atoms with Crippen LogP contribution >= 0.6 is 23.4 Å². The van der Waals surface area contributed by atoms with Gasteiger partial charge in [-0.25, -0.2) is 4.39 Å². The average molecular weight is 438 g/mol. The first-order chi connectivity index (χ1) is 14.5. The van der Waals surface area contributed by atoms with Gasteiger partial charge in [-0.15, -0.1) is 11.8 Å². The van der Waals surface area contributed by atoms with E-state index in [1.807, 2.05) is 30.3 Å². The lowest BCUT2D eigenvalue weighted by Crippen LogP contribution is -2.31. The molecule has 3 nitrogen and oxygen atoms in total. The predicted molar refractivity (Wildman–Crippen MR) is 118 cm³/mol. The van der Waals surface area contributed by atoms with E-state index in [9.17, 15) is 14.0 Å². The Labute approximate surface area is 183 Å². The molecule has 1 aliphatic rings. The van der Waals surface area contributed by atoms with E-state index in [1.165, 1.54) is 17.8 Å². The number of imide groups is 1. The molecule has 0 fully saturated rings. The quantitative estimate of drug-likeness (QED) is 0.465. The molecule has 3 aromatic rings. The Morgan fingerprint density at radius 1 is 0.833 bits per heavy atom. The number of amides is 2. The number of benzene rings is 3. The molecule has 4 rings (SSSR count). The van der Waals surface area contributed by atoms with Crippen molar-refractivity contribution in [2.45, 2.75) is 12.3 Å². The SMILES string of the molecule is O=C1C(SCc2ccccc2)=C(c2ccc(Cl)cc2)C(=O)N1Cc1ccccc1F. The van der Waals surface area contributed by atoms with Crippen LogP contribution in [0.1, 0.15) is 16.7 Å². The van der Waals surface area contributed by atoms with Gasteiger partial charge < -0.3 is 0 Å². The molecule has 0 saturated heterocycles. The van der Waals surface area contributed by atoms with Crippen LogP contribution < -0.4 is 0 Å². The Balaban J connectivity index is 1.68. The van der Waals surface area contributed by atoms with E-state index in [4.69, 9.17) is 11.6 Å². The second kappa shape index (κ2) is 8.86. The zero-order valence-corrected chi connectivity index (χ0v) is 17.4. The second-order valence-electron chi connectivity index (χ2n) is 6.77. The molecule has 0 atom stereocenters. The highest BCUT2D eigenvalue weighted by Crippen LogP contribution is 2.38. The molecule has 6 heteroatoms. The zero-order chi connectivity index (χ0) is 21.1. The summed E-state index contributed by atoms with van der Waals surface area (Å²) < 4.78 is 14.1. The summed E-state index contributed by atoms with van der Waals surface area (Å²) in [6, 6.07) is 22.7. The number of carbonyl (C=O) groups excluding carboxylic acids is 2. The number of rotatable bonds is 6. The van der Waals surface area contributed by atoms with Gasteiger partial charge in [0.2, 0.25) is 0 Å². The molecule has 0 saturated carbocycles. The lowest BCUT2D eigenvalue weighted by atomic mass is 10.1. The van der Waals surface area contributed by atoms with Crippen molar-refractivity contribution < 1.29 is 14.0 Å². The predicted octanol–water partition coefficient (Wildman–Crippen LogP) is 5.69. The van der Waals surface area contributed by atoms with Gasteiger partial charge in [0, 0.05) is 16.3 Å². The molecule has 1 aliphatic heterocycles. The molecule has 2 amide bonds. The van der Waals surface area contributed by atoms with Crippen LogP contribution in [-0.2, 0) is 21.9 Å². The van der Waals surface area contributed by atoms with E-state index in [0.29, 0.717) is 32.4 Å². The molecular weight excluding hydrogens is 421 g/mol. The second-order valence-corrected chi connectivity index (χ2v) is 8.20. The van der Waals surface area contributed by atoms with Gasteiger partial charge in [0.25, 0.3) is 11.8 Å². The fourth-order valence-electron chi connectivity index (χ4n) is 3.23. The van der Waals surface area contributed by atoms with Crippen molar-refractivity contribution in [2.24, 2.45) is 0 Å². The van der Waals surface area contributed by atoms with Crippen molar-refractivity contribution in [3.8, 4) is 0 Å². The summed E-state index contributed by atoms with van der Waals surface area (Å²) in [4.78, 5) is 27.9. The highest BCUT2D eigenvalue weighted by atomic mass is 35.5. The molecule has 3 aromatic carbocycles. The maximum atomic E-state index is 14.1. The molecule has 150 valence electrons. The van der Waals surface area contributed by atoms with Gasteiger partial charge in [0.05, 0.1) is 17.0 Å². The van der Waals surface area contributed by atoms with Crippen LogP contribution in [0.3, 0.4) is 0 Å². The summed E-state index contributed by atoms with van der Waals surface area (Å²) in [6.07, 6.45) is 0. The highest BCUT2D eigenvalue weighted by molar-refractivity contribution is 8.03. The van der Waals surface area contributed by atoms with E-state index in [-0.39, 0.29) is 6.54 Å². The van der Waals surface area contributed by atoms with Gasteiger partial charge in [-0.2, -0.15) is 0 Å². The Hall–Kier alpha value is -2.89. The Bertz CT molecular complexity index is 1130. The van der Waals surface area contributed by atoms with Crippen molar-refractivity contribution in [1.82, 2.24) is 4.90 Å². The van der Waals surface area contributed by atoms with Crippen LogP contribution in [0.2, 0.25) is 5.02 Å². The lowest BCUT2D eigenvalue weighted by Gasteiger charge is -2.15. The summed E-state index contributed by atoms with van der Waals surface area (Å²) in [5.41, 5.74) is 2.28.